The van der Waals surface area contributed by atoms with E-state index in [-0.39, 0.29) is 21.7 Å². The monoisotopic (exact) mass is 547 g/mol. The topological polar surface area (TPSA) is 94.3 Å². The van der Waals surface area contributed by atoms with E-state index < -0.39 is 9.84 Å². The summed E-state index contributed by atoms with van der Waals surface area (Å²) in [4.78, 5) is 8.84. The van der Waals surface area contributed by atoms with Crippen LogP contribution in [-0.2, 0) is 9.84 Å². The molecule has 0 amide bonds. The second-order valence-electron chi connectivity index (χ2n) is 9.21. The van der Waals surface area contributed by atoms with E-state index in [1.54, 1.807) is 6.07 Å². The Morgan fingerprint density at radius 2 is 1.54 bits per heavy atom. The van der Waals surface area contributed by atoms with Gasteiger partial charge in [0.15, 0.2) is 11.5 Å². The summed E-state index contributed by atoms with van der Waals surface area (Å²) in [6.45, 7) is 5.84. The molecule has 202 valence electrons. The van der Waals surface area contributed by atoms with Gasteiger partial charge in [-0.15, -0.1) is 0 Å². The third-order valence-electron chi connectivity index (χ3n) is 6.76. The number of hydrogen-bond acceptors (Lipinski definition) is 9. The average molecular weight is 548 g/mol. The Labute approximate surface area is 227 Å². The Bertz CT molecular complexity index is 1550. The molecule has 6 rings (SSSR count). The molecule has 0 atom stereocenters. The number of ether oxygens (including phenoxy) is 3. The van der Waals surface area contributed by atoms with Crippen molar-refractivity contribution in [3.8, 4) is 28.7 Å². The number of piperazine rings is 1. The molecule has 0 N–H and O–H groups in total. The smallest absolute Gasteiger partial charge is 0.236 e. The van der Waals surface area contributed by atoms with Crippen molar-refractivity contribution in [2.75, 3.05) is 55.8 Å². The molecule has 2 aliphatic rings. The van der Waals surface area contributed by atoms with Crippen molar-refractivity contribution < 1.29 is 27.0 Å². The number of anilines is 2. The molecule has 9 nitrogen and oxygen atoms in total. The normalized spacial score (nSPS) is 15.3. The minimum Gasteiger partial charge on any atom is -0.494 e. The van der Waals surface area contributed by atoms with E-state index in [1.165, 1.54) is 12.1 Å². The van der Waals surface area contributed by atoms with Gasteiger partial charge in [0.1, 0.15) is 19.0 Å². The van der Waals surface area contributed by atoms with Crippen LogP contribution in [0.4, 0.5) is 11.6 Å². The molecule has 39 heavy (non-hydrogen) atoms. The number of benzene rings is 3. The highest BCUT2D eigenvalue weighted by Gasteiger charge is 2.34. The second kappa shape index (κ2) is 10.5. The molecule has 4 aromatic rings. The zero-order valence-electron chi connectivity index (χ0n) is 21.6. The predicted molar refractivity (Wildman–Crippen MR) is 147 cm³/mol. The van der Waals surface area contributed by atoms with Gasteiger partial charge in [0, 0.05) is 43.5 Å². The molecule has 0 saturated carbocycles. The highest BCUT2D eigenvalue weighted by Crippen LogP contribution is 2.39. The van der Waals surface area contributed by atoms with Gasteiger partial charge in [0.05, 0.1) is 11.5 Å². The van der Waals surface area contributed by atoms with Crippen molar-refractivity contribution >= 4 is 21.4 Å². The number of oxazole rings is 1. The lowest BCUT2D eigenvalue weighted by Gasteiger charge is -2.36. The van der Waals surface area contributed by atoms with E-state index in [0.29, 0.717) is 68.8 Å². The van der Waals surface area contributed by atoms with Crippen LogP contribution in [0.15, 0.2) is 87.1 Å². The van der Waals surface area contributed by atoms with E-state index in [4.69, 9.17) is 18.6 Å². The molecule has 0 aliphatic carbocycles. The van der Waals surface area contributed by atoms with E-state index in [0.717, 1.165) is 5.69 Å². The minimum atomic E-state index is -4.04. The van der Waals surface area contributed by atoms with Gasteiger partial charge in [0.25, 0.3) is 0 Å². The molecule has 2 aliphatic heterocycles. The molecule has 0 unspecified atom stereocenters. The van der Waals surface area contributed by atoms with Gasteiger partial charge in [0.2, 0.25) is 26.6 Å². The molecule has 3 aromatic carbocycles. The Kier molecular flexibility index (Phi) is 6.78. The molecule has 10 heteroatoms. The molecular weight excluding hydrogens is 518 g/mol. The number of rotatable bonds is 7. The summed E-state index contributed by atoms with van der Waals surface area (Å²) >= 11 is 0. The summed E-state index contributed by atoms with van der Waals surface area (Å²) in [5.74, 6) is 2.11. The van der Waals surface area contributed by atoms with Crippen LogP contribution < -0.4 is 24.0 Å². The first-order valence-electron chi connectivity index (χ1n) is 13.0. The Hall–Kier alpha value is -4.18. The maximum atomic E-state index is 14.0. The number of sulfone groups is 1. The molecule has 3 heterocycles. The van der Waals surface area contributed by atoms with Gasteiger partial charge in [-0.1, -0.05) is 18.2 Å². The average Bonchev–Trinajstić information content (AvgIpc) is 3.45. The summed E-state index contributed by atoms with van der Waals surface area (Å²) < 4.78 is 50.9. The first-order valence-corrected chi connectivity index (χ1v) is 14.4. The van der Waals surface area contributed by atoms with Crippen molar-refractivity contribution in [2.45, 2.75) is 16.8 Å². The van der Waals surface area contributed by atoms with Crippen molar-refractivity contribution in [3.63, 3.8) is 0 Å². The standard InChI is InChI=1S/C29H29N3O6S/c1-2-35-23-10-8-21(9-11-23)27-30-28(39(33,34)24-12-13-25-26(20-24)37-19-18-36-25)29(38-27)32-16-14-31(15-17-32)22-6-4-3-5-7-22/h3-13,20H,2,14-19H2,1H3. The van der Waals surface area contributed by atoms with E-state index in [1.807, 2.05) is 54.3 Å². The van der Waals surface area contributed by atoms with Gasteiger partial charge in [-0.25, -0.2) is 8.42 Å². The van der Waals surface area contributed by atoms with E-state index in [2.05, 4.69) is 22.0 Å². The number of aromatic nitrogens is 1. The zero-order valence-corrected chi connectivity index (χ0v) is 22.4. The number of nitrogens with zero attached hydrogens (tertiary/aromatic N) is 3. The fourth-order valence-corrected chi connectivity index (χ4v) is 6.10. The number of fused-ring (bicyclic) bond motifs is 1. The molecule has 1 saturated heterocycles. The van der Waals surface area contributed by atoms with Crippen molar-refractivity contribution in [1.82, 2.24) is 4.98 Å². The molecule has 1 aromatic heterocycles. The maximum Gasteiger partial charge on any atom is 0.236 e. The minimum absolute atomic E-state index is 0.0717. The predicted octanol–water partition coefficient (Wildman–Crippen LogP) is 4.67. The lowest BCUT2D eigenvalue weighted by Crippen LogP contribution is -2.46. The van der Waals surface area contributed by atoms with Crippen LogP contribution in [0.25, 0.3) is 11.5 Å². The summed E-state index contributed by atoms with van der Waals surface area (Å²) in [6.07, 6.45) is 0. The summed E-state index contributed by atoms with van der Waals surface area (Å²) in [7, 11) is -4.04. The summed E-state index contributed by atoms with van der Waals surface area (Å²) in [6, 6.07) is 22.1. The van der Waals surface area contributed by atoms with Crippen molar-refractivity contribution in [2.24, 2.45) is 0 Å². The van der Waals surface area contributed by atoms with Crippen LogP contribution in [-0.4, -0.2) is 59.4 Å². The van der Waals surface area contributed by atoms with Crippen LogP contribution >= 0.6 is 0 Å². The van der Waals surface area contributed by atoms with Gasteiger partial charge in [-0.2, -0.15) is 4.98 Å². The quantitative estimate of drug-likeness (QED) is 0.327. The largest absolute Gasteiger partial charge is 0.494 e. The SMILES string of the molecule is CCOc1ccc(-c2nc(S(=O)(=O)c3ccc4c(c3)OCCO4)c(N3CCN(c4ccccc4)CC3)o2)cc1. The molecule has 0 radical (unpaired) electrons. The van der Waals surface area contributed by atoms with Gasteiger partial charge in [-0.05, 0) is 55.5 Å². The maximum absolute atomic E-state index is 14.0. The van der Waals surface area contributed by atoms with Crippen LogP contribution in [0.2, 0.25) is 0 Å². The molecule has 0 bridgehead atoms. The van der Waals surface area contributed by atoms with Gasteiger partial charge >= 0.3 is 0 Å². The summed E-state index contributed by atoms with van der Waals surface area (Å²) in [5.41, 5.74) is 1.79. The lowest BCUT2D eigenvalue weighted by molar-refractivity contribution is 0.171. The van der Waals surface area contributed by atoms with E-state index in [9.17, 15) is 8.42 Å². The third-order valence-corrected chi connectivity index (χ3v) is 8.41. The zero-order chi connectivity index (χ0) is 26.8. The Balaban J connectivity index is 1.36. The Morgan fingerprint density at radius 3 is 2.26 bits per heavy atom. The van der Waals surface area contributed by atoms with Crippen molar-refractivity contribution in [3.05, 3.63) is 72.8 Å². The number of hydrogen-bond donors (Lipinski definition) is 0. The first kappa shape index (κ1) is 25.1. The van der Waals surface area contributed by atoms with E-state index >= 15 is 0 Å². The fraction of sp³-hybridized carbons (Fsp3) is 0.276. The molecule has 1 fully saturated rings. The Morgan fingerprint density at radius 1 is 0.846 bits per heavy atom. The molecule has 0 spiro atoms. The van der Waals surface area contributed by atoms with Crippen molar-refractivity contribution in [1.29, 1.82) is 0 Å². The van der Waals surface area contributed by atoms with Gasteiger partial charge in [-0.3, -0.25) is 0 Å². The molecular formula is C29H29N3O6S. The van der Waals surface area contributed by atoms with Crippen LogP contribution in [0.1, 0.15) is 6.92 Å². The highest BCUT2D eigenvalue weighted by atomic mass is 32.2. The third kappa shape index (κ3) is 4.99. The number of para-hydroxylation sites is 1. The van der Waals surface area contributed by atoms with Crippen LogP contribution in [0.3, 0.4) is 0 Å². The lowest BCUT2D eigenvalue weighted by atomic mass is 10.2. The highest BCUT2D eigenvalue weighted by molar-refractivity contribution is 7.91. The fourth-order valence-electron chi connectivity index (χ4n) is 4.77. The summed E-state index contributed by atoms with van der Waals surface area (Å²) in [5, 5.41) is -0.115. The van der Waals surface area contributed by atoms with Crippen LogP contribution in [0.5, 0.6) is 17.2 Å². The van der Waals surface area contributed by atoms with Crippen LogP contribution in [0, 0.1) is 0 Å². The van der Waals surface area contributed by atoms with Gasteiger partial charge < -0.3 is 28.4 Å². The second-order valence-corrected chi connectivity index (χ2v) is 11.1. The first-order chi connectivity index (χ1) is 19.0.